The van der Waals surface area contributed by atoms with Gasteiger partial charge in [-0.2, -0.15) is 13.2 Å². The number of pyridine rings is 2. The number of hydrogen-bond donors (Lipinski definition) is 0. The second-order valence-electron chi connectivity index (χ2n) is 6.79. The molecule has 144 valence electrons. The first-order valence-corrected chi connectivity index (χ1v) is 8.78. The third kappa shape index (κ3) is 2.60. The molecule has 0 aliphatic carbocycles. The second-order valence-corrected chi connectivity index (χ2v) is 6.79. The summed E-state index contributed by atoms with van der Waals surface area (Å²) in [5, 5.41) is 2.23. The number of halogens is 3. The van der Waals surface area contributed by atoms with E-state index in [-0.39, 0.29) is 11.2 Å². The van der Waals surface area contributed by atoms with E-state index >= 15 is 0 Å². The molecule has 0 unspecified atom stereocenters. The van der Waals surface area contributed by atoms with Gasteiger partial charge in [0.2, 0.25) is 0 Å². The van der Waals surface area contributed by atoms with E-state index in [0.29, 0.717) is 16.6 Å². The minimum atomic E-state index is -4.63. The Hall–Kier alpha value is -3.68. The number of hydrogen-bond acceptors (Lipinski definition) is 3. The van der Waals surface area contributed by atoms with Crippen molar-refractivity contribution in [1.29, 1.82) is 0 Å². The molecule has 3 aromatic heterocycles. The van der Waals surface area contributed by atoms with Crippen molar-refractivity contribution >= 4 is 32.8 Å². The molecule has 0 amide bonds. The SMILES string of the molecule is Cn1cnc2c(=O)n(-c3ccc4ccccc4c3)c3nc(C(F)(F)F)ccc3c21. The van der Waals surface area contributed by atoms with Crippen LogP contribution < -0.4 is 5.56 Å². The van der Waals surface area contributed by atoms with E-state index in [9.17, 15) is 18.0 Å². The molecule has 0 saturated carbocycles. The summed E-state index contributed by atoms with van der Waals surface area (Å²) in [7, 11) is 1.69. The summed E-state index contributed by atoms with van der Waals surface area (Å²) in [4.78, 5) is 21.2. The van der Waals surface area contributed by atoms with Crippen LogP contribution in [0.3, 0.4) is 0 Å². The van der Waals surface area contributed by atoms with Gasteiger partial charge in [0.25, 0.3) is 5.56 Å². The molecule has 0 aliphatic rings. The van der Waals surface area contributed by atoms with Crippen molar-refractivity contribution in [2.24, 2.45) is 7.05 Å². The van der Waals surface area contributed by atoms with Crippen LogP contribution in [0.15, 0.2) is 65.7 Å². The van der Waals surface area contributed by atoms with Crippen LogP contribution in [0.4, 0.5) is 13.2 Å². The Balaban J connectivity index is 1.96. The van der Waals surface area contributed by atoms with Crippen LogP contribution in [0.2, 0.25) is 0 Å². The lowest BCUT2D eigenvalue weighted by Crippen LogP contribution is -2.21. The summed E-state index contributed by atoms with van der Waals surface area (Å²) >= 11 is 0. The van der Waals surface area contributed by atoms with Crippen molar-refractivity contribution in [2.75, 3.05) is 0 Å². The number of benzene rings is 2. The molecule has 8 heteroatoms. The van der Waals surface area contributed by atoms with Crippen LogP contribution in [-0.4, -0.2) is 19.1 Å². The van der Waals surface area contributed by atoms with E-state index in [1.54, 1.807) is 23.7 Å². The summed E-state index contributed by atoms with van der Waals surface area (Å²) in [6.07, 6.45) is -3.16. The highest BCUT2D eigenvalue weighted by Crippen LogP contribution is 2.31. The maximum absolute atomic E-state index is 13.3. The van der Waals surface area contributed by atoms with E-state index in [2.05, 4.69) is 9.97 Å². The molecular weight excluding hydrogens is 381 g/mol. The molecule has 5 nitrogen and oxygen atoms in total. The molecule has 0 radical (unpaired) electrons. The Kier molecular flexibility index (Phi) is 3.55. The smallest absolute Gasteiger partial charge is 0.333 e. The number of nitrogens with zero attached hydrogens (tertiary/aromatic N) is 4. The molecule has 0 fully saturated rings. The first-order valence-electron chi connectivity index (χ1n) is 8.78. The Morgan fingerprint density at radius 2 is 1.72 bits per heavy atom. The van der Waals surface area contributed by atoms with E-state index < -0.39 is 17.4 Å². The maximum Gasteiger partial charge on any atom is 0.433 e. The average molecular weight is 394 g/mol. The monoisotopic (exact) mass is 394 g/mol. The number of alkyl halides is 3. The lowest BCUT2D eigenvalue weighted by Gasteiger charge is -2.14. The van der Waals surface area contributed by atoms with Gasteiger partial charge in [-0.25, -0.2) is 9.97 Å². The molecule has 5 aromatic rings. The van der Waals surface area contributed by atoms with E-state index in [1.807, 2.05) is 30.3 Å². The highest BCUT2D eigenvalue weighted by molar-refractivity contribution is 6.01. The zero-order chi connectivity index (χ0) is 20.3. The number of imidazole rings is 1. The van der Waals surface area contributed by atoms with Gasteiger partial charge in [0.1, 0.15) is 11.3 Å². The predicted molar refractivity (Wildman–Crippen MR) is 104 cm³/mol. The van der Waals surface area contributed by atoms with Gasteiger partial charge in [0.15, 0.2) is 5.52 Å². The minimum absolute atomic E-state index is 0.0591. The highest BCUT2D eigenvalue weighted by atomic mass is 19.4. The quantitative estimate of drug-likeness (QED) is 0.422. The normalized spacial score (nSPS) is 12.3. The molecule has 0 saturated heterocycles. The first kappa shape index (κ1) is 17.4. The van der Waals surface area contributed by atoms with Gasteiger partial charge in [-0.1, -0.05) is 30.3 Å². The molecule has 5 rings (SSSR count). The zero-order valence-corrected chi connectivity index (χ0v) is 15.1. The third-order valence-electron chi connectivity index (χ3n) is 4.97. The molecule has 0 N–H and O–H groups in total. The molecule has 3 heterocycles. The van der Waals surface area contributed by atoms with Crippen molar-refractivity contribution in [2.45, 2.75) is 6.18 Å². The predicted octanol–water partition coefficient (Wildman–Crippen LogP) is 4.44. The topological polar surface area (TPSA) is 52.7 Å². The molecule has 0 aliphatic heterocycles. The van der Waals surface area contributed by atoms with Gasteiger partial charge in [-0.15, -0.1) is 0 Å². The van der Waals surface area contributed by atoms with Crippen LogP contribution >= 0.6 is 0 Å². The fourth-order valence-corrected chi connectivity index (χ4v) is 3.62. The molecule has 0 bridgehead atoms. The summed E-state index contributed by atoms with van der Waals surface area (Å²) in [5.41, 5.74) is -0.581. The number of aryl methyl sites for hydroxylation is 1. The van der Waals surface area contributed by atoms with Gasteiger partial charge in [-0.3, -0.25) is 9.36 Å². The Morgan fingerprint density at radius 3 is 2.48 bits per heavy atom. The van der Waals surface area contributed by atoms with Crippen molar-refractivity contribution in [1.82, 2.24) is 19.1 Å². The zero-order valence-electron chi connectivity index (χ0n) is 15.1. The van der Waals surface area contributed by atoms with Crippen LogP contribution in [0, 0.1) is 0 Å². The van der Waals surface area contributed by atoms with Gasteiger partial charge in [-0.05, 0) is 35.0 Å². The summed E-state index contributed by atoms with van der Waals surface area (Å²) in [6.45, 7) is 0. The van der Waals surface area contributed by atoms with Crippen molar-refractivity contribution in [3.8, 4) is 5.69 Å². The lowest BCUT2D eigenvalue weighted by molar-refractivity contribution is -0.141. The third-order valence-corrected chi connectivity index (χ3v) is 4.97. The van der Waals surface area contributed by atoms with Gasteiger partial charge < -0.3 is 4.57 Å². The molecule has 0 spiro atoms. The van der Waals surface area contributed by atoms with Gasteiger partial charge in [0, 0.05) is 12.4 Å². The number of fused-ring (bicyclic) bond motifs is 4. The minimum Gasteiger partial charge on any atom is -0.333 e. The second kappa shape index (κ2) is 5.91. The van der Waals surface area contributed by atoms with E-state index in [1.165, 1.54) is 17.0 Å². The van der Waals surface area contributed by atoms with Crippen molar-refractivity contribution in [3.63, 3.8) is 0 Å². The van der Waals surface area contributed by atoms with Crippen LogP contribution in [0.5, 0.6) is 0 Å². The maximum atomic E-state index is 13.3. The average Bonchev–Trinajstić information content (AvgIpc) is 3.09. The summed E-state index contributed by atoms with van der Waals surface area (Å²) < 4.78 is 42.8. The van der Waals surface area contributed by atoms with E-state index in [4.69, 9.17) is 0 Å². The van der Waals surface area contributed by atoms with Crippen molar-refractivity contribution in [3.05, 3.63) is 77.0 Å². The summed E-state index contributed by atoms with van der Waals surface area (Å²) in [6, 6.07) is 15.1. The largest absolute Gasteiger partial charge is 0.433 e. The Morgan fingerprint density at radius 1 is 0.966 bits per heavy atom. The first-order chi connectivity index (χ1) is 13.8. The lowest BCUT2D eigenvalue weighted by atomic mass is 10.1. The molecule has 29 heavy (non-hydrogen) atoms. The number of aromatic nitrogens is 4. The van der Waals surface area contributed by atoms with Crippen LogP contribution in [0.1, 0.15) is 5.69 Å². The molecule has 2 aromatic carbocycles. The summed E-state index contributed by atoms with van der Waals surface area (Å²) in [5.74, 6) is 0. The van der Waals surface area contributed by atoms with E-state index in [0.717, 1.165) is 16.8 Å². The van der Waals surface area contributed by atoms with Crippen molar-refractivity contribution < 1.29 is 13.2 Å². The van der Waals surface area contributed by atoms with Crippen LogP contribution in [0.25, 0.3) is 38.5 Å². The van der Waals surface area contributed by atoms with Gasteiger partial charge >= 0.3 is 6.18 Å². The van der Waals surface area contributed by atoms with Crippen LogP contribution in [-0.2, 0) is 13.2 Å². The molecular formula is C21H13F3N4O. The Labute approximate surface area is 161 Å². The van der Waals surface area contributed by atoms with Gasteiger partial charge in [0.05, 0.1) is 17.5 Å². The fourth-order valence-electron chi connectivity index (χ4n) is 3.62. The standard InChI is InChI=1S/C21H13F3N4O/c1-27-11-25-17-18(27)15-8-9-16(21(22,23)24)26-19(15)28(20(17)29)14-7-6-12-4-2-3-5-13(12)10-14/h2-11H,1H3. The molecule has 0 atom stereocenters. The Bertz CT molecular complexity index is 1480. The number of rotatable bonds is 1. The highest BCUT2D eigenvalue weighted by Gasteiger charge is 2.33. The fraction of sp³-hybridized carbons (Fsp3) is 0.0952.